The molecule has 3 fully saturated rings. The van der Waals surface area contributed by atoms with E-state index in [9.17, 15) is 14.4 Å². The number of amides is 3. The zero-order chi connectivity index (χ0) is 22.9. The molecular weight excluding hydrogens is 482 g/mol. The number of benzene rings is 2. The Morgan fingerprint density at radius 3 is 2.12 bits per heavy atom. The molecule has 3 aliphatic rings. The van der Waals surface area contributed by atoms with E-state index in [0.29, 0.717) is 56.5 Å². The number of piperidine rings is 2. The number of rotatable bonds is 4. The van der Waals surface area contributed by atoms with Crippen molar-refractivity contribution in [3.63, 3.8) is 0 Å². The molecule has 0 radical (unpaired) electrons. The van der Waals surface area contributed by atoms with Gasteiger partial charge in [-0.1, -0.05) is 34.1 Å². The van der Waals surface area contributed by atoms with Gasteiger partial charge in [-0.2, -0.15) is 0 Å². The minimum absolute atomic E-state index is 0.0361. The van der Waals surface area contributed by atoms with E-state index in [1.165, 1.54) is 0 Å². The molecule has 33 heavy (non-hydrogen) atoms. The van der Waals surface area contributed by atoms with Crippen molar-refractivity contribution in [2.24, 2.45) is 11.8 Å². The molecule has 0 N–H and O–H groups in total. The van der Waals surface area contributed by atoms with Crippen LogP contribution in [0.3, 0.4) is 0 Å². The second-order valence-electron chi connectivity index (χ2n) is 9.48. The summed E-state index contributed by atoms with van der Waals surface area (Å²) in [4.78, 5) is 44.1. The third-order valence-corrected chi connectivity index (χ3v) is 7.78. The van der Waals surface area contributed by atoms with E-state index in [4.69, 9.17) is 0 Å². The first kappa shape index (κ1) is 22.1. The Morgan fingerprint density at radius 1 is 0.879 bits per heavy atom. The molecule has 2 bridgehead atoms. The molecule has 2 aromatic rings. The molecule has 0 spiro atoms. The second-order valence-corrected chi connectivity index (χ2v) is 10.3. The van der Waals surface area contributed by atoms with Gasteiger partial charge in [-0.25, -0.2) is 0 Å². The molecule has 2 aromatic carbocycles. The molecule has 3 amide bonds. The van der Waals surface area contributed by atoms with Gasteiger partial charge in [0.2, 0.25) is 5.91 Å². The van der Waals surface area contributed by atoms with E-state index in [1.54, 1.807) is 0 Å². The maximum Gasteiger partial charge on any atom is 0.253 e. The van der Waals surface area contributed by atoms with Crippen LogP contribution < -0.4 is 0 Å². The van der Waals surface area contributed by atoms with E-state index in [1.807, 2.05) is 63.2 Å². The second kappa shape index (κ2) is 9.29. The lowest BCUT2D eigenvalue weighted by molar-refractivity contribution is -0.128. The third-order valence-electron chi connectivity index (χ3n) is 7.00. The Kier molecular flexibility index (Phi) is 6.23. The van der Waals surface area contributed by atoms with Crippen LogP contribution in [0.2, 0.25) is 0 Å². The van der Waals surface area contributed by atoms with Crippen molar-refractivity contribution in [3.8, 4) is 0 Å². The zero-order valence-electron chi connectivity index (χ0n) is 18.6. The predicted molar refractivity (Wildman–Crippen MR) is 129 cm³/mol. The van der Waals surface area contributed by atoms with Crippen LogP contribution in [0.25, 0.3) is 0 Å². The van der Waals surface area contributed by atoms with Gasteiger partial charge in [-0.15, -0.1) is 0 Å². The number of halogens is 1. The molecule has 2 atom stereocenters. The van der Waals surface area contributed by atoms with Crippen LogP contribution in [0.5, 0.6) is 0 Å². The molecular formula is C26H28BrN3O3. The lowest BCUT2D eigenvalue weighted by atomic mass is 9.84. The summed E-state index contributed by atoms with van der Waals surface area (Å²) < 4.78 is 0.921. The van der Waals surface area contributed by atoms with E-state index in [0.717, 1.165) is 35.0 Å². The zero-order valence-corrected chi connectivity index (χ0v) is 20.2. The maximum atomic E-state index is 13.4. The maximum absolute atomic E-state index is 13.4. The fourth-order valence-corrected chi connectivity index (χ4v) is 5.84. The van der Waals surface area contributed by atoms with Crippen LogP contribution in [0.15, 0.2) is 53.0 Å². The molecule has 3 aliphatic heterocycles. The Hall–Kier alpha value is -2.67. The quantitative estimate of drug-likeness (QED) is 0.629. The van der Waals surface area contributed by atoms with Crippen LogP contribution in [0.1, 0.15) is 45.5 Å². The predicted octanol–water partition coefficient (Wildman–Crippen LogP) is 3.81. The largest absolute Gasteiger partial charge is 0.338 e. The highest BCUT2D eigenvalue weighted by Crippen LogP contribution is 2.31. The first-order valence-corrected chi connectivity index (χ1v) is 12.5. The summed E-state index contributed by atoms with van der Waals surface area (Å²) in [5.74, 6) is 0.891. The first-order chi connectivity index (χ1) is 16.0. The van der Waals surface area contributed by atoms with Crippen molar-refractivity contribution < 1.29 is 14.4 Å². The Balaban J connectivity index is 1.26. The molecule has 0 aromatic heterocycles. The minimum Gasteiger partial charge on any atom is -0.338 e. The molecule has 3 heterocycles. The highest BCUT2D eigenvalue weighted by molar-refractivity contribution is 9.10. The van der Waals surface area contributed by atoms with Crippen LogP contribution in [0.4, 0.5) is 0 Å². The monoisotopic (exact) mass is 509 g/mol. The lowest BCUT2D eigenvalue weighted by Crippen LogP contribution is -2.55. The minimum atomic E-state index is 0.0361. The standard InChI is InChI=1S/C26H28BrN3O3/c27-23-9-8-21(12-22(23)17-28-10-4-7-24(28)31)26(33)30-15-18-11-19(16-30)14-29(13-18)25(32)20-5-2-1-3-6-20/h1-3,5-6,8-9,12,18-19H,4,7,10-11,13-17H2. The van der Waals surface area contributed by atoms with Gasteiger partial charge in [0.05, 0.1) is 0 Å². The third kappa shape index (κ3) is 4.69. The van der Waals surface area contributed by atoms with E-state index >= 15 is 0 Å². The average molecular weight is 510 g/mol. The number of hydrogen-bond acceptors (Lipinski definition) is 3. The SMILES string of the molecule is O=C1CCCN1Cc1cc(C(=O)N2CC3CC(CN(C(=O)c4ccccc4)C3)C2)ccc1Br. The van der Waals surface area contributed by atoms with Crippen LogP contribution in [-0.4, -0.2) is 65.1 Å². The number of likely N-dealkylation sites (tertiary alicyclic amines) is 3. The van der Waals surface area contributed by atoms with Crippen molar-refractivity contribution in [3.05, 3.63) is 69.7 Å². The van der Waals surface area contributed by atoms with Crippen LogP contribution in [-0.2, 0) is 11.3 Å². The van der Waals surface area contributed by atoms with Gasteiger partial charge in [-0.05, 0) is 60.6 Å². The van der Waals surface area contributed by atoms with Gasteiger partial charge in [0.1, 0.15) is 0 Å². The van der Waals surface area contributed by atoms with Crippen LogP contribution >= 0.6 is 15.9 Å². The van der Waals surface area contributed by atoms with Crippen molar-refractivity contribution >= 4 is 33.7 Å². The summed E-state index contributed by atoms with van der Waals surface area (Å²) in [5, 5.41) is 0. The van der Waals surface area contributed by atoms with E-state index < -0.39 is 0 Å². The fraction of sp³-hybridized carbons (Fsp3) is 0.423. The van der Waals surface area contributed by atoms with Crippen molar-refractivity contribution in [2.45, 2.75) is 25.8 Å². The van der Waals surface area contributed by atoms with E-state index in [2.05, 4.69) is 15.9 Å². The summed E-state index contributed by atoms with van der Waals surface area (Å²) in [5.41, 5.74) is 2.36. The number of fused-ring (bicyclic) bond motifs is 2. The normalized spacial score (nSPS) is 22.6. The molecule has 0 aliphatic carbocycles. The Bertz CT molecular complexity index is 1060. The molecule has 6 nitrogen and oxygen atoms in total. The number of carbonyl (C=O) groups excluding carboxylic acids is 3. The summed E-state index contributed by atoms with van der Waals surface area (Å²) in [6, 6.07) is 15.1. The molecule has 3 saturated heterocycles. The van der Waals surface area contributed by atoms with Gasteiger partial charge < -0.3 is 14.7 Å². The summed E-state index contributed by atoms with van der Waals surface area (Å²) in [6.45, 7) is 4.03. The topological polar surface area (TPSA) is 60.9 Å². The fourth-order valence-electron chi connectivity index (χ4n) is 5.46. The van der Waals surface area contributed by atoms with E-state index in [-0.39, 0.29) is 17.7 Å². The summed E-state index contributed by atoms with van der Waals surface area (Å²) >= 11 is 3.58. The average Bonchev–Trinajstić information content (AvgIpc) is 3.23. The van der Waals surface area contributed by atoms with Gasteiger partial charge >= 0.3 is 0 Å². The number of carbonyl (C=O) groups is 3. The molecule has 172 valence electrons. The smallest absolute Gasteiger partial charge is 0.253 e. The highest BCUT2D eigenvalue weighted by atomic mass is 79.9. The molecule has 5 rings (SSSR count). The first-order valence-electron chi connectivity index (χ1n) is 11.7. The Morgan fingerprint density at radius 2 is 1.52 bits per heavy atom. The molecule has 7 heteroatoms. The molecule has 0 saturated carbocycles. The van der Waals surface area contributed by atoms with Gasteiger partial charge in [-0.3, -0.25) is 14.4 Å². The number of hydrogen-bond donors (Lipinski definition) is 0. The van der Waals surface area contributed by atoms with Gasteiger partial charge in [0.25, 0.3) is 11.8 Å². The summed E-state index contributed by atoms with van der Waals surface area (Å²) in [7, 11) is 0. The van der Waals surface area contributed by atoms with Gasteiger partial charge in [0, 0.05) is 61.3 Å². The van der Waals surface area contributed by atoms with Gasteiger partial charge in [0.15, 0.2) is 0 Å². The van der Waals surface area contributed by atoms with Crippen LogP contribution in [0, 0.1) is 11.8 Å². The van der Waals surface area contributed by atoms with Crippen molar-refractivity contribution in [1.82, 2.24) is 14.7 Å². The van der Waals surface area contributed by atoms with Crippen molar-refractivity contribution in [1.29, 1.82) is 0 Å². The highest BCUT2D eigenvalue weighted by Gasteiger charge is 2.38. The Labute approximate surface area is 202 Å². The lowest BCUT2D eigenvalue weighted by Gasteiger charge is -2.45. The number of nitrogens with zero attached hydrogens (tertiary/aromatic N) is 3. The summed E-state index contributed by atoms with van der Waals surface area (Å²) in [6.07, 6.45) is 2.57. The molecule has 2 unspecified atom stereocenters. The van der Waals surface area contributed by atoms with Crippen molar-refractivity contribution in [2.75, 3.05) is 32.7 Å².